The molecule has 8 heteroatoms. The molecule has 0 bridgehead atoms. The first-order chi connectivity index (χ1) is 10.9. The zero-order valence-corrected chi connectivity index (χ0v) is 15.1. The summed E-state index contributed by atoms with van der Waals surface area (Å²) in [4.78, 5) is 37.9. The number of rotatable bonds is 5. The molecule has 2 aliphatic rings. The Kier molecular flexibility index (Phi) is 6.25. The topological polar surface area (TPSA) is 86.7 Å². The Balaban J connectivity index is 2.04. The molecule has 2 N–H and O–H groups in total. The molecule has 0 aromatic rings. The number of carbonyl (C=O) groups is 3. The van der Waals surface area contributed by atoms with Crippen molar-refractivity contribution in [1.82, 2.24) is 10.2 Å². The van der Waals surface area contributed by atoms with Crippen LogP contribution in [0.1, 0.15) is 39.5 Å². The predicted molar refractivity (Wildman–Crippen MR) is 92.5 cm³/mol. The van der Waals surface area contributed by atoms with E-state index in [-0.39, 0.29) is 23.8 Å². The second-order valence-electron chi connectivity index (χ2n) is 6.25. The molecule has 0 radical (unpaired) electrons. The van der Waals surface area contributed by atoms with E-state index in [1.54, 1.807) is 4.90 Å². The van der Waals surface area contributed by atoms with Crippen molar-refractivity contribution in [2.75, 3.05) is 5.88 Å². The highest BCUT2D eigenvalue weighted by molar-refractivity contribution is 8.00. The van der Waals surface area contributed by atoms with Gasteiger partial charge in [-0.15, -0.1) is 11.8 Å². The number of fused-ring (bicyclic) bond motifs is 1. The SMILES string of the molecule is CC[C@H](C)[C@H](S)C(=O)N[C@H]1CCC[C@@H]2[C@H](C(=O)O)SCN2C1=O. The number of thioether (sulfide) groups is 1. The van der Waals surface area contributed by atoms with Crippen LogP contribution in [0.2, 0.25) is 0 Å². The van der Waals surface area contributed by atoms with Crippen molar-refractivity contribution in [3.63, 3.8) is 0 Å². The normalized spacial score (nSPS) is 30.3. The number of carbonyl (C=O) groups excluding carboxylic acids is 2. The minimum absolute atomic E-state index is 0.130. The zero-order chi connectivity index (χ0) is 17.1. The Morgan fingerprint density at radius 2 is 2.17 bits per heavy atom. The number of carboxylic acid groups (broad SMARTS) is 1. The standard InChI is InChI=1S/C15H24N2O4S2/c1-3-8(2)11(22)13(18)16-9-5-4-6-10-12(15(20)21)23-7-17(10)14(9)19/h8-12,22H,3-7H2,1-2H3,(H,16,18)(H,20,21)/t8-,9-,10+,11-,12+/m0/s1. The van der Waals surface area contributed by atoms with Crippen LogP contribution in [-0.2, 0) is 14.4 Å². The molecule has 23 heavy (non-hydrogen) atoms. The summed E-state index contributed by atoms with van der Waals surface area (Å²) in [5.41, 5.74) is 0. The van der Waals surface area contributed by atoms with Gasteiger partial charge in [0.2, 0.25) is 11.8 Å². The van der Waals surface area contributed by atoms with E-state index in [9.17, 15) is 19.5 Å². The Labute approximate surface area is 146 Å². The van der Waals surface area contributed by atoms with Crippen LogP contribution in [0.4, 0.5) is 0 Å². The van der Waals surface area contributed by atoms with Gasteiger partial charge in [-0.25, -0.2) is 0 Å². The zero-order valence-electron chi connectivity index (χ0n) is 13.4. The van der Waals surface area contributed by atoms with Crippen molar-refractivity contribution in [2.24, 2.45) is 5.92 Å². The predicted octanol–water partition coefficient (Wildman–Crippen LogP) is 1.35. The van der Waals surface area contributed by atoms with E-state index >= 15 is 0 Å². The van der Waals surface area contributed by atoms with Crippen LogP contribution in [-0.4, -0.2) is 56.3 Å². The van der Waals surface area contributed by atoms with Crippen LogP contribution >= 0.6 is 24.4 Å². The van der Waals surface area contributed by atoms with Gasteiger partial charge in [0.25, 0.3) is 0 Å². The molecule has 5 atom stereocenters. The first kappa shape index (κ1) is 18.4. The molecule has 2 rings (SSSR count). The van der Waals surface area contributed by atoms with Crippen LogP contribution in [0.15, 0.2) is 0 Å². The summed E-state index contributed by atoms with van der Waals surface area (Å²) in [7, 11) is 0. The third-order valence-corrected chi connectivity index (χ3v) is 6.77. The summed E-state index contributed by atoms with van der Waals surface area (Å²) in [6.07, 6.45) is 2.78. The monoisotopic (exact) mass is 360 g/mol. The molecule has 2 amide bonds. The molecule has 6 nitrogen and oxygen atoms in total. The van der Waals surface area contributed by atoms with E-state index in [1.165, 1.54) is 11.8 Å². The molecule has 0 saturated carbocycles. The summed E-state index contributed by atoms with van der Waals surface area (Å²) in [5.74, 6) is -0.749. The molecule has 0 aromatic carbocycles. The van der Waals surface area contributed by atoms with Gasteiger partial charge in [-0.2, -0.15) is 12.6 Å². The minimum atomic E-state index is -0.870. The lowest BCUT2D eigenvalue weighted by molar-refractivity contribution is -0.140. The van der Waals surface area contributed by atoms with Crippen molar-refractivity contribution in [1.29, 1.82) is 0 Å². The van der Waals surface area contributed by atoms with E-state index in [2.05, 4.69) is 17.9 Å². The molecule has 0 unspecified atom stereocenters. The molecule has 0 spiro atoms. The lowest BCUT2D eigenvalue weighted by Crippen LogP contribution is -2.51. The average molecular weight is 361 g/mol. The van der Waals surface area contributed by atoms with Crippen molar-refractivity contribution in [3.05, 3.63) is 0 Å². The summed E-state index contributed by atoms with van der Waals surface area (Å²) in [6.45, 7) is 3.95. The number of carboxylic acids is 1. The summed E-state index contributed by atoms with van der Waals surface area (Å²) >= 11 is 5.64. The molecule has 2 heterocycles. The summed E-state index contributed by atoms with van der Waals surface area (Å²) in [5, 5.41) is 11.1. The largest absolute Gasteiger partial charge is 0.480 e. The molecular weight excluding hydrogens is 336 g/mol. The molecule has 2 aliphatic heterocycles. The molecule has 2 fully saturated rings. The highest BCUT2D eigenvalue weighted by Gasteiger charge is 2.45. The first-order valence-corrected chi connectivity index (χ1v) is 9.56. The van der Waals surface area contributed by atoms with Gasteiger partial charge >= 0.3 is 5.97 Å². The maximum Gasteiger partial charge on any atom is 0.318 e. The van der Waals surface area contributed by atoms with Crippen molar-refractivity contribution in [2.45, 2.75) is 62.1 Å². The number of hydrogen-bond donors (Lipinski definition) is 3. The number of amides is 2. The van der Waals surface area contributed by atoms with Gasteiger partial charge in [0, 0.05) is 0 Å². The van der Waals surface area contributed by atoms with Gasteiger partial charge in [0.15, 0.2) is 0 Å². The third kappa shape index (κ3) is 3.96. The van der Waals surface area contributed by atoms with Crippen molar-refractivity contribution < 1.29 is 19.5 Å². The maximum atomic E-state index is 12.7. The van der Waals surface area contributed by atoms with Crippen LogP contribution in [0.3, 0.4) is 0 Å². The Bertz CT molecular complexity index is 488. The van der Waals surface area contributed by atoms with Crippen molar-refractivity contribution in [3.8, 4) is 0 Å². The third-order valence-electron chi connectivity index (χ3n) is 4.73. The second kappa shape index (κ2) is 7.79. The lowest BCUT2D eigenvalue weighted by atomic mass is 10.0. The smallest absolute Gasteiger partial charge is 0.318 e. The van der Waals surface area contributed by atoms with Crippen LogP contribution in [0.5, 0.6) is 0 Å². The molecule has 2 saturated heterocycles. The Hall–Kier alpha value is -0.890. The number of nitrogens with zero attached hydrogens (tertiary/aromatic N) is 1. The fourth-order valence-electron chi connectivity index (χ4n) is 3.03. The van der Waals surface area contributed by atoms with E-state index in [0.29, 0.717) is 18.7 Å². The fourth-order valence-corrected chi connectivity index (χ4v) is 4.60. The average Bonchev–Trinajstić information content (AvgIpc) is 2.89. The van der Waals surface area contributed by atoms with Gasteiger partial charge in [0.05, 0.1) is 17.2 Å². The number of nitrogens with one attached hydrogen (secondary N) is 1. The number of thiol groups is 1. The van der Waals surface area contributed by atoms with Crippen LogP contribution in [0, 0.1) is 5.92 Å². The van der Waals surface area contributed by atoms with E-state index < -0.39 is 22.5 Å². The highest BCUT2D eigenvalue weighted by Crippen LogP contribution is 2.35. The van der Waals surface area contributed by atoms with E-state index in [1.807, 2.05) is 13.8 Å². The van der Waals surface area contributed by atoms with Crippen molar-refractivity contribution >= 4 is 42.2 Å². The van der Waals surface area contributed by atoms with Gasteiger partial charge in [-0.05, 0) is 25.2 Å². The second-order valence-corrected chi connectivity index (χ2v) is 7.91. The molecular formula is C15H24N2O4S2. The van der Waals surface area contributed by atoms with Gasteiger partial charge in [0.1, 0.15) is 11.3 Å². The Morgan fingerprint density at radius 1 is 1.48 bits per heavy atom. The molecule has 130 valence electrons. The number of hydrogen-bond acceptors (Lipinski definition) is 5. The molecule has 0 aromatic heterocycles. The van der Waals surface area contributed by atoms with Gasteiger partial charge in [-0.3, -0.25) is 14.4 Å². The highest BCUT2D eigenvalue weighted by atomic mass is 32.2. The number of aliphatic carboxylic acids is 1. The van der Waals surface area contributed by atoms with E-state index in [0.717, 1.165) is 12.8 Å². The quantitative estimate of drug-likeness (QED) is 0.645. The Morgan fingerprint density at radius 3 is 2.78 bits per heavy atom. The lowest BCUT2D eigenvalue weighted by Gasteiger charge is -2.27. The minimum Gasteiger partial charge on any atom is -0.480 e. The van der Waals surface area contributed by atoms with Crippen LogP contribution in [0.25, 0.3) is 0 Å². The first-order valence-electron chi connectivity index (χ1n) is 8.00. The fraction of sp³-hybridized carbons (Fsp3) is 0.800. The summed E-state index contributed by atoms with van der Waals surface area (Å²) < 4.78 is 0. The van der Waals surface area contributed by atoms with Gasteiger partial charge < -0.3 is 15.3 Å². The maximum absolute atomic E-state index is 12.7. The van der Waals surface area contributed by atoms with Crippen LogP contribution < -0.4 is 5.32 Å². The molecule has 0 aliphatic carbocycles. The van der Waals surface area contributed by atoms with E-state index in [4.69, 9.17) is 0 Å². The summed E-state index contributed by atoms with van der Waals surface area (Å²) in [6, 6.07) is -0.840. The van der Waals surface area contributed by atoms with Gasteiger partial charge in [-0.1, -0.05) is 20.3 Å².